The molecular formula is C18H12BrN3O3S. The summed E-state index contributed by atoms with van der Waals surface area (Å²) < 4.78 is 6.77. The van der Waals surface area contributed by atoms with Gasteiger partial charge in [0.25, 0.3) is 0 Å². The van der Waals surface area contributed by atoms with E-state index in [1.807, 2.05) is 29.6 Å². The van der Waals surface area contributed by atoms with E-state index in [1.165, 1.54) is 10.8 Å². The van der Waals surface area contributed by atoms with Crippen LogP contribution in [0, 0.1) is 0 Å². The van der Waals surface area contributed by atoms with Crippen LogP contribution >= 0.6 is 27.3 Å². The predicted molar refractivity (Wildman–Crippen MR) is 102 cm³/mol. The normalized spacial score (nSPS) is 11.0. The van der Waals surface area contributed by atoms with Gasteiger partial charge in [0.15, 0.2) is 0 Å². The second-order valence-electron chi connectivity index (χ2n) is 5.56. The summed E-state index contributed by atoms with van der Waals surface area (Å²) in [7, 11) is 0. The van der Waals surface area contributed by atoms with Crippen LogP contribution in [-0.4, -0.2) is 21.2 Å². The number of thiophene rings is 1. The molecule has 0 saturated carbocycles. The molecule has 4 rings (SSSR count). The maximum absolute atomic E-state index is 12.2. The lowest BCUT2D eigenvalue weighted by atomic mass is 10.1. The Kier molecular flexibility index (Phi) is 4.44. The molecule has 26 heavy (non-hydrogen) atoms. The molecule has 0 radical (unpaired) electrons. The van der Waals surface area contributed by atoms with Crippen LogP contribution in [0.5, 0.6) is 5.75 Å². The Bertz CT molecular complexity index is 1110. The molecule has 0 saturated heterocycles. The fraction of sp³-hybridized carbons (Fsp3) is 0.0556. The molecule has 0 aliphatic carbocycles. The topological polar surface area (TPSA) is 88.2 Å². The van der Waals surface area contributed by atoms with E-state index in [0.29, 0.717) is 16.6 Å². The van der Waals surface area contributed by atoms with E-state index in [1.54, 1.807) is 23.5 Å². The average Bonchev–Trinajstić information content (AvgIpc) is 3.30. The Balaban J connectivity index is 1.46. The first kappa shape index (κ1) is 16.7. The van der Waals surface area contributed by atoms with Crippen LogP contribution in [0.4, 0.5) is 0 Å². The van der Waals surface area contributed by atoms with Crippen LogP contribution in [0.25, 0.3) is 21.5 Å². The molecule has 2 aromatic carbocycles. The van der Waals surface area contributed by atoms with Gasteiger partial charge in [0.1, 0.15) is 5.75 Å². The van der Waals surface area contributed by atoms with Crippen LogP contribution in [-0.2, 0) is 6.54 Å². The third-order valence-corrected chi connectivity index (χ3v) is 5.33. The minimum atomic E-state index is -0.438. The molecule has 2 aromatic heterocycles. The zero-order valence-corrected chi connectivity index (χ0v) is 15.7. The number of halogens is 1. The van der Waals surface area contributed by atoms with Crippen molar-refractivity contribution >= 4 is 43.3 Å². The van der Waals surface area contributed by atoms with Crippen molar-refractivity contribution in [2.75, 3.05) is 0 Å². The van der Waals surface area contributed by atoms with Crippen molar-refractivity contribution in [2.45, 2.75) is 6.54 Å². The zero-order chi connectivity index (χ0) is 18.1. The summed E-state index contributed by atoms with van der Waals surface area (Å²) in [5.74, 6) is -0.166. The van der Waals surface area contributed by atoms with Crippen molar-refractivity contribution in [2.24, 2.45) is 0 Å². The number of fused-ring (bicyclic) bond motifs is 1. The van der Waals surface area contributed by atoms with Crippen molar-refractivity contribution < 1.29 is 14.4 Å². The Labute approximate surface area is 160 Å². The number of nitrogens with one attached hydrogen (secondary N) is 1. The lowest BCUT2D eigenvalue weighted by Crippen LogP contribution is -2.23. The number of hydrogen-bond acceptors (Lipinski definition) is 6. The van der Waals surface area contributed by atoms with Crippen LogP contribution in [0.3, 0.4) is 0 Å². The number of aromatic nitrogens is 2. The molecule has 2 heterocycles. The summed E-state index contributed by atoms with van der Waals surface area (Å²) in [6.07, 6.45) is 0. The van der Waals surface area contributed by atoms with Gasteiger partial charge in [-0.05, 0) is 68.7 Å². The Hall–Kier alpha value is -2.71. The summed E-state index contributed by atoms with van der Waals surface area (Å²) in [4.78, 5) is 16.4. The van der Waals surface area contributed by atoms with E-state index in [4.69, 9.17) is 4.52 Å². The van der Waals surface area contributed by atoms with E-state index in [2.05, 4.69) is 31.4 Å². The lowest BCUT2D eigenvalue weighted by Gasteiger charge is -2.02. The molecule has 0 aliphatic heterocycles. The number of phenols is 1. The molecular weight excluding hydrogens is 418 g/mol. The van der Waals surface area contributed by atoms with Gasteiger partial charge in [0.2, 0.25) is 5.82 Å². The monoisotopic (exact) mass is 429 g/mol. The number of aromatic hydroxyl groups is 1. The van der Waals surface area contributed by atoms with Crippen LogP contribution in [0.2, 0.25) is 0 Å². The molecule has 8 heteroatoms. The van der Waals surface area contributed by atoms with Crippen molar-refractivity contribution in [1.29, 1.82) is 0 Å². The van der Waals surface area contributed by atoms with Crippen LogP contribution in [0.1, 0.15) is 16.2 Å². The second-order valence-corrected chi connectivity index (χ2v) is 7.37. The summed E-state index contributed by atoms with van der Waals surface area (Å²) >= 11 is 4.91. The Morgan fingerprint density at radius 2 is 2.12 bits per heavy atom. The predicted octanol–water partition coefficient (Wildman–Crippen LogP) is 4.35. The summed E-state index contributed by atoms with van der Waals surface area (Å²) in [5.41, 5.74) is 1.62. The smallest absolute Gasteiger partial charge is 0.316 e. The quantitative estimate of drug-likeness (QED) is 0.503. The van der Waals surface area contributed by atoms with Gasteiger partial charge < -0.3 is 14.9 Å². The maximum atomic E-state index is 12.2. The van der Waals surface area contributed by atoms with Crippen molar-refractivity contribution in [3.63, 3.8) is 0 Å². The molecule has 4 aromatic rings. The number of phenolic OH excluding ortho intramolecular Hbond substituents is 1. The number of rotatable bonds is 4. The number of amides is 1. The number of nitrogens with zero attached hydrogens (tertiary/aromatic N) is 2. The third-order valence-electron chi connectivity index (χ3n) is 3.80. The molecule has 0 unspecified atom stereocenters. The zero-order valence-electron chi connectivity index (χ0n) is 13.3. The number of carbonyl (C=O) groups is 1. The van der Waals surface area contributed by atoms with Crippen molar-refractivity contribution in [3.05, 3.63) is 63.8 Å². The van der Waals surface area contributed by atoms with Gasteiger partial charge in [0, 0.05) is 16.8 Å². The first-order valence-electron chi connectivity index (χ1n) is 7.67. The highest BCUT2D eigenvalue weighted by Crippen LogP contribution is 2.28. The number of benzene rings is 2. The molecule has 1 amide bonds. The molecule has 0 bridgehead atoms. The first-order chi connectivity index (χ1) is 12.6. The minimum Gasteiger partial charge on any atom is -0.507 e. The molecule has 0 fully saturated rings. The van der Waals surface area contributed by atoms with Crippen LogP contribution in [0.15, 0.2) is 56.8 Å². The lowest BCUT2D eigenvalue weighted by molar-refractivity contribution is 0.0907. The number of hydrogen-bond donors (Lipinski definition) is 2. The minimum absolute atomic E-state index is 0.109. The van der Waals surface area contributed by atoms with Gasteiger partial charge in [-0.25, -0.2) is 0 Å². The van der Waals surface area contributed by atoms with Gasteiger partial charge in [-0.1, -0.05) is 11.2 Å². The highest BCUT2D eigenvalue weighted by atomic mass is 79.9. The highest BCUT2D eigenvalue weighted by molar-refractivity contribution is 9.10. The highest BCUT2D eigenvalue weighted by Gasteiger charge is 2.16. The van der Waals surface area contributed by atoms with Crippen molar-refractivity contribution in [3.8, 4) is 17.1 Å². The summed E-state index contributed by atoms with van der Waals surface area (Å²) in [5, 5.41) is 19.3. The Morgan fingerprint density at radius 1 is 1.23 bits per heavy atom. The van der Waals surface area contributed by atoms with E-state index in [0.717, 1.165) is 10.9 Å². The van der Waals surface area contributed by atoms with E-state index in [9.17, 15) is 9.90 Å². The molecule has 0 aliphatic rings. The second kappa shape index (κ2) is 6.89. The standard InChI is InChI=1S/C18H12BrN3O3S/c19-13-8-12(2-3-14(13)23)16-21-18(25-22-16)17(24)20-9-10-1-4-15-11(7-10)5-6-26-15/h1-8,23H,9H2,(H,20,24). The molecule has 0 spiro atoms. The Morgan fingerprint density at radius 3 is 2.96 bits per heavy atom. The SMILES string of the molecule is O=C(NCc1ccc2sccc2c1)c1nc(-c2ccc(O)c(Br)c2)no1. The van der Waals surface area contributed by atoms with E-state index < -0.39 is 5.91 Å². The molecule has 6 nitrogen and oxygen atoms in total. The largest absolute Gasteiger partial charge is 0.507 e. The van der Waals surface area contributed by atoms with Gasteiger partial charge in [-0.15, -0.1) is 11.3 Å². The summed E-state index contributed by atoms with van der Waals surface area (Å²) in [6.45, 7) is 0.368. The maximum Gasteiger partial charge on any atom is 0.316 e. The van der Waals surface area contributed by atoms with E-state index in [-0.39, 0.29) is 17.5 Å². The molecule has 2 N–H and O–H groups in total. The van der Waals surface area contributed by atoms with Gasteiger partial charge in [-0.2, -0.15) is 4.98 Å². The third kappa shape index (κ3) is 3.33. The molecule has 0 atom stereocenters. The van der Waals surface area contributed by atoms with Gasteiger partial charge in [-0.3, -0.25) is 4.79 Å². The fourth-order valence-electron chi connectivity index (χ4n) is 2.46. The number of carbonyl (C=O) groups excluding carboxylic acids is 1. The van der Waals surface area contributed by atoms with Gasteiger partial charge >= 0.3 is 11.8 Å². The fourth-order valence-corrected chi connectivity index (χ4v) is 3.61. The molecule has 130 valence electrons. The van der Waals surface area contributed by atoms with E-state index >= 15 is 0 Å². The van der Waals surface area contributed by atoms with Crippen molar-refractivity contribution in [1.82, 2.24) is 15.5 Å². The summed E-state index contributed by atoms with van der Waals surface area (Å²) in [6, 6.07) is 12.9. The van der Waals surface area contributed by atoms with Crippen LogP contribution < -0.4 is 5.32 Å². The average molecular weight is 430 g/mol. The van der Waals surface area contributed by atoms with Gasteiger partial charge in [0.05, 0.1) is 4.47 Å². The first-order valence-corrected chi connectivity index (χ1v) is 9.34.